The van der Waals surface area contributed by atoms with Crippen molar-refractivity contribution in [1.82, 2.24) is 5.32 Å². The van der Waals surface area contributed by atoms with E-state index in [0.717, 1.165) is 51.4 Å². The zero-order chi connectivity index (χ0) is 59.2. The summed E-state index contributed by atoms with van der Waals surface area (Å²) in [5.41, 5.74) is 0. The molecule has 6 nitrogen and oxygen atoms in total. The number of carbonyl (C=O) groups is 2. The standard InChI is InChI=1S/C76H145NO5/c1-3-5-7-9-11-13-15-17-19-20-38-41-44-48-52-56-60-64-68-74(79)73(72-78)77-75(80)69-65-61-57-53-49-45-42-39-36-34-32-30-28-26-24-22-21-23-25-27-29-31-33-35-37-40-43-47-51-55-59-63-67-71-82-76(81)70-66-62-58-54-50-46-18-16-14-12-10-8-6-4-2/h10,12,16,18,25,27,73-74,78-79H,3-9,11,13-15,17,19-24,26,28-72H2,1-2H3,(H,77,80)/b12-10-,18-16-,27-25-. The van der Waals surface area contributed by atoms with Crippen LogP contribution < -0.4 is 5.32 Å². The topological polar surface area (TPSA) is 95.9 Å². The van der Waals surface area contributed by atoms with Crippen molar-refractivity contribution in [2.45, 2.75) is 424 Å². The number of nitrogens with one attached hydrogen (secondary N) is 1. The van der Waals surface area contributed by atoms with E-state index < -0.39 is 12.1 Å². The Kier molecular flexibility index (Phi) is 69.9. The van der Waals surface area contributed by atoms with Crippen LogP contribution in [0, 0.1) is 0 Å². The predicted molar refractivity (Wildman–Crippen MR) is 361 cm³/mol. The molecule has 2 atom stereocenters. The van der Waals surface area contributed by atoms with E-state index in [1.165, 1.54) is 327 Å². The molecule has 3 N–H and O–H groups in total. The number of allylic oxidation sites excluding steroid dienone is 6. The number of aliphatic hydroxyl groups excluding tert-OH is 2. The van der Waals surface area contributed by atoms with Gasteiger partial charge in [0.25, 0.3) is 0 Å². The molecule has 0 saturated heterocycles. The summed E-state index contributed by atoms with van der Waals surface area (Å²) in [6.45, 7) is 4.94. The van der Waals surface area contributed by atoms with Crippen molar-refractivity contribution in [2.75, 3.05) is 13.2 Å². The second-order valence-electron chi connectivity index (χ2n) is 25.6. The second kappa shape index (κ2) is 71.6. The predicted octanol–water partition coefficient (Wildman–Crippen LogP) is 24.3. The lowest BCUT2D eigenvalue weighted by Gasteiger charge is -2.22. The molecule has 0 aromatic carbocycles. The Morgan fingerprint density at radius 1 is 0.341 bits per heavy atom. The Morgan fingerprint density at radius 3 is 0.976 bits per heavy atom. The van der Waals surface area contributed by atoms with Crippen LogP contribution in [0.3, 0.4) is 0 Å². The van der Waals surface area contributed by atoms with Gasteiger partial charge < -0.3 is 20.3 Å². The molecule has 0 aromatic rings. The first kappa shape index (κ1) is 80.1. The molecule has 6 heteroatoms. The molecule has 0 saturated carbocycles. The van der Waals surface area contributed by atoms with Gasteiger partial charge in [-0.2, -0.15) is 0 Å². The summed E-state index contributed by atoms with van der Waals surface area (Å²) in [6, 6.07) is -0.540. The van der Waals surface area contributed by atoms with Crippen molar-refractivity contribution >= 4 is 11.9 Å². The Hall–Kier alpha value is -1.92. The quantitative estimate of drug-likeness (QED) is 0.0320. The van der Waals surface area contributed by atoms with Gasteiger partial charge in [0, 0.05) is 12.8 Å². The van der Waals surface area contributed by atoms with Gasteiger partial charge in [-0.05, 0) is 77.0 Å². The molecule has 0 aromatic heterocycles. The van der Waals surface area contributed by atoms with Crippen molar-refractivity contribution in [3.8, 4) is 0 Å². The van der Waals surface area contributed by atoms with E-state index in [2.05, 4.69) is 55.6 Å². The number of carbonyl (C=O) groups excluding carboxylic acids is 2. The largest absolute Gasteiger partial charge is 0.466 e. The number of ether oxygens (including phenoxy) is 1. The van der Waals surface area contributed by atoms with E-state index in [-0.39, 0.29) is 18.5 Å². The second-order valence-corrected chi connectivity index (χ2v) is 25.6. The number of amides is 1. The Bertz CT molecular complexity index is 1330. The fourth-order valence-electron chi connectivity index (χ4n) is 11.7. The first-order chi connectivity index (χ1) is 40.5. The van der Waals surface area contributed by atoms with E-state index >= 15 is 0 Å². The van der Waals surface area contributed by atoms with Gasteiger partial charge in [0.05, 0.1) is 25.4 Å². The normalized spacial score (nSPS) is 12.7. The van der Waals surface area contributed by atoms with Gasteiger partial charge in [0.15, 0.2) is 0 Å². The van der Waals surface area contributed by atoms with E-state index in [1.54, 1.807) is 0 Å². The number of aliphatic hydroxyl groups is 2. The minimum Gasteiger partial charge on any atom is -0.466 e. The third kappa shape index (κ3) is 67.2. The Labute approximate surface area is 513 Å². The molecule has 0 radical (unpaired) electrons. The maximum absolute atomic E-state index is 12.5. The molecule has 484 valence electrons. The van der Waals surface area contributed by atoms with Gasteiger partial charge in [-0.1, -0.05) is 359 Å². The molecule has 0 spiro atoms. The van der Waals surface area contributed by atoms with Crippen molar-refractivity contribution in [3.63, 3.8) is 0 Å². The Morgan fingerprint density at radius 2 is 0.622 bits per heavy atom. The molecule has 2 unspecified atom stereocenters. The average Bonchev–Trinajstić information content (AvgIpc) is 3.48. The average molecular weight is 1150 g/mol. The molecule has 0 aliphatic carbocycles. The van der Waals surface area contributed by atoms with Gasteiger partial charge in [-0.25, -0.2) is 0 Å². The lowest BCUT2D eigenvalue weighted by molar-refractivity contribution is -0.143. The van der Waals surface area contributed by atoms with Gasteiger partial charge in [-0.3, -0.25) is 9.59 Å². The van der Waals surface area contributed by atoms with E-state index in [0.29, 0.717) is 25.9 Å². The molecular weight excluding hydrogens is 1010 g/mol. The van der Waals surface area contributed by atoms with Gasteiger partial charge in [0.2, 0.25) is 5.91 Å². The van der Waals surface area contributed by atoms with Crippen molar-refractivity contribution in [1.29, 1.82) is 0 Å². The number of hydrogen-bond acceptors (Lipinski definition) is 5. The summed E-state index contributed by atoms with van der Waals surface area (Å²) in [5.74, 6) is -0.0236. The summed E-state index contributed by atoms with van der Waals surface area (Å²) in [4.78, 5) is 24.6. The van der Waals surface area contributed by atoms with Gasteiger partial charge >= 0.3 is 5.97 Å². The smallest absolute Gasteiger partial charge is 0.305 e. The summed E-state index contributed by atoms with van der Waals surface area (Å²) in [5, 5.41) is 23.4. The molecule has 1 amide bonds. The summed E-state index contributed by atoms with van der Waals surface area (Å²) in [6.07, 6.45) is 92.1. The lowest BCUT2D eigenvalue weighted by Crippen LogP contribution is -2.45. The molecular formula is C76H145NO5. The van der Waals surface area contributed by atoms with Crippen LogP contribution in [0.2, 0.25) is 0 Å². The Balaban J connectivity index is 3.35. The van der Waals surface area contributed by atoms with Crippen LogP contribution in [0.1, 0.15) is 412 Å². The first-order valence-electron chi connectivity index (χ1n) is 37.2. The van der Waals surface area contributed by atoms with Gasteiger partial charge in [-0.15, -0.1) is 0 Å². The van der Waals surface area contributed by atoms with Gasteiger partial charge in [0.1, 0.15) is 0 Å². The highest BCUT2D eigenvalue weighted by molar-refractivity contribution is 5.76. The fraction of sp³-hybridized carbons (Fsp3) is 0.895. The highest BCUT2D eigenvalue weighted by atomic mass is 16.5. The monoisotopic (exact) mass is 1150 g/mol. The van der Waals surface area contributed by atoms with E-state index in [4.69, 9.17) is 4.74 Å². The molecule has 0 rings (SSSR count). The maximum Gasteiger partial charge on any atom is 0.305 e. The van der Waals surface area contributed by atoms with Crippen LogP contribution in [0.5, 0.6) is 0 Å². The third-order valence-electron chi connectivity index (χ3n) is 17.4. The molecule has 0 bridgehead atoms. The van der Waals surface area contributed by atoms with Crippen LogP contribution in [0.4, 0.5) is 0 Å². The highest BCUT2D eigenvalue weighted by Crippen LogP contribution is 2.19. The van der Waals surface area contributed by atoms with Crippen molar-refractivity contribution < 1.29 is 24.5 Å². The van der Waals surface area contributed by atoms with Crippen LogP contribution in [-0.4, -0.2) is 47.4 Å². The maximum atomic E-state index is 12.5. The highest BCUT2D eigenvalue weighted by Gasteiger charge is 2.20. The van der Waals surface area contributed by atoms with Crippen LogP contribution in [0.15, 0.2) is 36.5 Å². The lowest BCUT2D eigenvalue weighted by atomic mass is 10.0. The zero-order valence-electron chi connectivity index (χ0n) is 55.5. The number of unbranched alkanes of at least 4 members (excludes halogenated alkanes) is 53. The van der Waals surface area contributed by atoms with Crippen LogP contribution in [-0.2, 0) is 14.3 Å². The van der Waals surface area contributed by atoms with Crippen molar-refractivity contribution in [3.05, 3.63) is 36.5 Å². The van der Waals surface area contributed by atoms with Crippen LogP contribution in [0.25, 0.3) is 0 Å². The van der Waals surface area contributed by atoms with Crippen LogP contribution >= 0.6 is 0 Å². The molecule has 0 fully saturated rings. The number of rotatable bonds is 70. The number of hydrogen-bond donors (Lipinski definition) is 3. The van der Waals surface area contributed by atoms with E-state index in [9.17, 15) is 19.8 Å². The fourth-order valence-corrected chi connectivity index (χ4v) is 11.7. The summed E-state index contributed by atoms with van der Waals surface area (Å²) >= 11 is 0. The molecule has 0 heterocycles. The molecule has 82 heavy (non-hydrogen) atoms. The minimum atomic E-state index is -0.663. The molecule has 0 aliphatic rings. The SMILES string of the molecule is CCCC/C=C\C/C=C\CCCCCCCC(=O)OCCCCCCCCCCCCCC/C=C\CCCCCCCCCCCCCCCCCCCC(=O)NC(CO)C(O)CCCCCCCCCCCCCCCCCCCC. The van der Waals surface area contributed by atoms with E-state index in [1.807, 2.05) is 0 Å². The zero-order valence-corrected chi connectivity index (χ0v) is 55.5. The first-order valence-corrected chi connectivity index (χ1v) is 37.2. The van der Waals surface area contributed by atoms with Crippen molar-refractivity contribution in [2.24, 2.45) is 0 Å². The summed E-state index contributed by atoms with van der Waals surface area (Å²) in [7, 11) is 0. The minimum absolute atomic E-state index is 0.00445. The summed E-state index contributed by atoms with van der Waals surface area (Å²) < 4.78 is 5.48. The number of esters is 1. The third-order valence-corrected chi connectivity index (χ3v) is 17.4. The molecule has 0 aliphatic heterocycles.